The van der Waals surface area contributed by atoms with Crippen LogP contribution in [0.3, 0.4) is 0 Å². The molecule has 1 aliphatic carbocycles. The first-order chi connectivity index (χ1) is 6.62. The fourth-order valence-corrected chi connectivity index (χ4v) is 3.06. The van der Waals surface area contributed by atoms with Crippen molar-refractivity contribution in [1.29, 1.82) is 0 Å². The third-order valence-corrected chi connectivity index (χ3v) is 3.59. The molecular weight excluding hydrogens is 263 g/mol. The van der Waals surface area contributed by atoms with E-state index in [4.69, 9.17) is 17.3 Å². The van der Waals surface area contributed by atoms with E-state index in [1.165, 1.54) is 12.8 Å². The van der Waals surface area contributed by atoms with Crippen molar-refractivity contribution in [2.75, 3.05) is 0 Å². The summed E-state index contributed by atoms with van der Waals surface area (Å²) in [6.07, 6.45) is 6.07. The molecule has 0 atom stereocenters. The quantitative estimate of drug-likeness (QED) is 0.854. The second kappa shape index (κ2) is 3.80. The van der Waals surface area contributed by atoms with Gasteiger partial charge in [-0.1, -0.05) is 24.4 Å². The van der Waals surface area contributed by atoms with Crippen LogP contribution in [0.5, 0.6) is 0 Å². The van der Waals surface area contributed by atoms with Gasteiger partial charge in [0.25, 0.3) is 0 Å². The van der Waals surface area contributed by atoms with E-state index in [0.717, 1.165) is 23.0 Å². The number of hydrogen-bond donors (Lipinski definition) is 1. The Bertz CT molecular complexity index is 348. The van der Waals surface area contributed by atoms with Crippen molar-refractivity contribution in [3.05, 3.63) is 27.5 Å². The third kappa shape index (κ3) is 1.81. The van der Waals surface area contributed by atoms with Crippen LogP contribution >= 0.6 is 27.5 Å². The van der Waals surface area contributed by atoms with Gasteiger partial charge in [0, 0.05) is 10.7 Å². The van der Waals surface area contributed by atoms with Gasteiger partial charge in [0.2, 0.25) is 0 Å². The van der Waals surface area contributed by atoms with Crippen LogP contribution in [0.25, 0.3) is 0 Å². The zero-order valence-electron chi connectivity index (χ0n) is 7.76. The maximum atomic E-state index is 6.30. The molecule has 0 saturated heterocycles. The lowest BCUT2D eigenvalue weighted by Gasteiger charge is -2.23. The molecule has 2 nitrogen and oxygen atoms in total. The molecule has 1 aromatic heterocycles. The van der Waals surface area contributed by atoms with Crippen molar-refractivity contribution in [2.45, 2.75) is 31.2 Å². The minimum atomic E-state index is -0.247. The molecular formula is C10H12BrClN2. The Morgan fingerprint density at radius 3 is 2.64 bits per heavy atom. The standard InChI is InChI=1S/C10H12BrClN2/c11-8-5-7(12)6-14-9(8)10(13)3-1-2-4-10/h5-6H,1-4,13H2. The van der Waals surface area contributed by atoms with E-state index in [1.54, 1.807) is 6.20 Å². The molecule has 4 heteroatoms. The molecule has 2 rings (SSSR count). The minimum absolute atomic E-state index is 0.247. The Balaban J connectivity index is 2.40. The summed E-state index contributed by atoms with van der Waals surface area (Å²) in [5.41, 5.74) is 6.99. The van der Waals surface area contributed by atoms with Crippen molar-refractivity contribution in [1.82, 2.24) is 4.98 Å². The van der Waals surface area contributed by atoms with Crippen molar-refractivity contribution >= 4 is 27.5 Å². The molecule has 1 heterocycles. The number of halogens is 2. The molecule has 0 unspecified atom stereocenters. The van der Waals surface area contributed by atoms with Crippen molar-refractivity contribution in [2.24, 2.45) is 5.73 Å². The van der Waals surface area contributed by atoms with E-state index in [2.05, 4.69) is 20.9 Å². The Hall–Kier alpha value is -0.120. The van der Waals surface area contributed by atoms with Crippen LogP contribution < -0.4 is 5.73 Å². The molecule has 0 amide bonds. The van der Waals surface area contributed by atoms with E-state index in [0.29, 0.717) is 5.02 Å². The van der Waals surface area contributed by atoms with Gasteiger partial charge >= 0.3 is 0 Å². The first-order valence-electron chi connectivity index (χ1n) is 4.72. The van der Waals surface area contributed by atoms with Gasteiger partial charge in [-0.05, 0) is 34.8 Å². The fraction of sp³-hybridized carbons (Fsp3) is 0.500. The zero-order chi connectivity index (χ0) is 10.2. The lowest BCUT2D eigenvalue weighted by Crippen LogP contribution is -2.34. The van der Waals surface area contributed by atoms with Crippen molar-refractivity contribution < 1.29 is 0 Å². The molecule has 1 fully saturated rings. The smallest absolute Gasteiger partial charge is 0.0745 e. The van der Waals surface area contributed by atoms with Gasteiger partial charge in [-0.3, -0.25) is 4.98 Å². The molecule has 1 saturated carbocycles. The fourth-order valence-electron chi connectivity index (χ4n) is 2.02. The number of nitrogens with two attached hydrogens (primary N) is 1. The molecule has 0 bridgehead atoms. The largest absolute Gasteiger partial charge is 0.320 e. The number of hydrogen-bond acceptors (Lipinski definition) is 2. The SMILES string of the molecule is NC1(c2ncc(Cl)cc2Br)CCCC1. The second-order valence-corrected chi connectivity index (χ2v) is 5.14. The summed E-state index contributed by atoms with van der Waals surface area (Å²) >= 11 is 9.30. The van der Waals surface area contributed by atoms with Crippen LogP contribution in [-0.4, -0.2) is 4.98 Å². The predicted molar refractivity (Wildman–Crippen MR) is 61.3 cm³/mol. The summed E-state index contributed by atoms with van der Waals surface area (Å²) in [5.74, 6) is 0. The lowest BCUT2D eigenvalue weighted by molar-refractivity contribution is 0.445. The van der Waals surface area contributed by atoms with Crippen LogP contribution in [-0.2, 0) is 5.54 Å². The van der Waals surface area contributed by atoms with E-state index in [9.17, 15) is 0 Å². The van der Waals surface area contributed by atoms with Gasteiger partial charge in [0.05, 0.1) is 16.3 Å². The monoisotopic (exact) mass is 274 g/mol. The highest BCUT2D eigenvalue weighted by Gasteiger charge is 2.34. The van der Waals surface area contributed by atoms with Crippen molar-refractivity contribution in [3.8, 4) is 0 Å². The average molecular weight is 276 g/mol. The van der Waals surface area contributed by atoms with Crippen LogP contribution in [0.4, 0.5) is 0 Å². The summed E-state index contributed by atoms with van der Waals surface area (Å²) in [4.78, 5) is 4.33. The van der Waals surface area contributed by atoms with E-state index < -0.39 is 0 Å². The Morgan fingerprint density at radius 2 is 2.07 bits per heavy atom. The number of pyridine rings is 1. The molecule has 2 N–H and O–H groups in total. The van der Waals surface area contributed by atoms with E-state index in [1.807, 2.05) is 6.07 Å². The minimum Gasteiger partial charge on any atom is -0.320 e. The zero-order valence-corrected chi connectivity index (χ0v) is 10.1. The normalized spacial score (nSPS) is 19.9. The number of rotatable bonds is 1. The summed E-state index contributed by atoms with van der Waals surface area (Å²) < 4.78 is 0.925. The molecule has 76 valence electrons. The summed E-state index contributed by atoms with van der Waals surface area (Å²) in [6, 6.07) is 1.86. The molecule has 0 aromatic carbocycles. The summed E-state index contributed by atoms with van der Waals surface area (Å²) in [7, 11) is 0. The van der Waals surface area contributed by atoms with E-state index in [-0.39, 0.29) is 5.54 Å². The third-order valence-electron chi connectivity index (χ3n) is 2.78. The highest BCUT2D eigenvalue weighted by Crippen LogP contribution is 2.38. The van der Waals surface area contributed by atoms with Gasteiger partial charge < -0.3 is 5.73 Å². The highest BCUT2D eigenvalue weighted by atomic mass is 79.9. The Kier molecular flexibility index (Phi) is 2.82. The number of nitrogens with zero attached hydrogens (tertiary/aromatic N) is 1. The topological polar surface area (TPSA) is 38.9 Å². The molecule has 1 aliphatic rings. The first-order valence-corrected chi connectivity index (χ1v) is 5.89. The van der Waals surface area contributed by atoms with Crippen LogP contribution in [0.15, 0.2) is 16.7 Å². The average Bonchev–Trinajstić information content (AvgIpc) is 2.52. The van der Waals surface area contributed by atoms with Crippen LogP contribution in [0, 0.1) is 0 Å². The van der Waals surface area contributed by atoms with Gasteiger partial charge in [0.1, 0.15) is 0 Å². The molecule has 1 aromatic rings. The Morgan fingerprint density at radius 1 is 1.43 bits per heavy atom. The van der Waals surface area contributed by atoms with Gasteiger partial charge in [-0.25, -0.2) is 0 Å². The maximum Gasteiger partial charge on any atom is 0.0745 e. The summed E-state index contributed by atoms with van der Waals surface area (Å²) in [5, 5.41) is 0.641. The maximum absolute atomic E-state index is 6.30. The first kappa shape index (κ1) is 10.4. The van der Waals surface area contributed by atoms with E-state index >= 15 is 0 Å². The summed E-state index contributed by atoms with van der Waals surface area (Å²) in [6.45, 7) is 0. The molecule has 0 spiro atoms. The van der Waals surface area contributed by atoms with Gasteiger partial charge in [0.15, 0.2) is 0 Å². The van der Waals surface area contributed by atoms with Crippen LogP contribution in [0.1, 0.15) is 31.4 Å². The second-order valence-electron chi connectivity index (χ2n) is 3.85. The number of aromatic nitrogens is 1. The lowest BCUT2D eigenvalue weighted by atomic mass is 9.94. The van der Waals surface area contributed by atoms with Crippen LogP contribution in [0.2, 0.25) is 5.02 Å². The van der Waals surface area contributed by atoms with Gasteiger partial charge in [-0.15, -0.1) is 0 Å². The molecule has 0 radical (unpaired) electrons. The van der Waals surface area contributed by atoms with Crippen molar-refractivity contribution in [3.63, 3.8) is 0 Å². The van der Waals surface area contributed by atoms with Gasteiger partial charge in [-0.2, -0.15) is 0 Å². The molecule has 14 heavy (non-hydrogen) atoms. The predicted octanol–water partition coefficient (Wildman–Crippen LogP) is 3.23. The molecule has 0 aliphatic heterocycles. The Labute approximate surface area is 97.0 Å². The highest BCUT2D eigenvalue weighted by molar-refractivity contribution is 9.10.